The van der Waals surface area contributed by atoms with Crippen LogP contribution in [0.15, 0.2) is 182 Å². The average molecular weight is 1020 g/mol. The average Bonchev–Trinajstić information content (AvgIpc) is 3.45. The zero-order valence-corrected chi connectivity index (χ0v) is 43.6. The van der Waals surface area contributed by atoms with Crippen molar-refractivity contribution in [3.63, 3.8) is 0 Å². The summed E-state index contributed by atoms with van der Waals surface area (Å²) in [6.45, 7) is 10.2. The molecule has 6 aromatic rings. The molecular weight excluding hydrogens is 949 g/mol. The molecular formula is C63H74O12. The van der Waals surface area contributed by atoms with Crippen molar-refractivity contribution in [2.75, 3.05) is 13.2 Å². The van der Waals surface area contributed by atoms with E-state index in [9.17, 15) is 5.11 Å². The Morgan fingerprint density at radius 2 is 0.733 bits per heavy atom. The van der Waals surface area contributed by atoms with Gasteiger partial charge in [-0.05, 0) is 47.2 Å². The summed E-state index contributed by atoms with van der Waals surface area (Å²) in [6.07, 6.45) is -8.70. The Kier molecular flexibility index (Phi) is 20.2. The quantitative estimate of drug-likeness (QED) is 0.0621. The number of benzene rings is 6. The first kappa shape index (κ1) is 54.6. The number of hydrogen-bond acceptors (Lipinski definition) is 12. The van der Waals surface area contributed by atoms with Crippen molar-refractivity contribution in [1.82, 2.24) is 0 Å². The Bertz CT molecular complexity index is 2510. The van der Waals surface area contributed by atoms with Gasteiger partial charge in [-0.15, -0.1) is 0 Å². The highest BCUT2D eigenvalue weighted by molar-refractivity contribution is 5.18. The van der Waals surface area contributed by atoms with Crippen molar-refractivity contribution in [1.29, 1.82) is 0 Å². The predicted molar refractivity (Wildman–Crippen MR) is 284 cm³/mol. The largest absolute Gasteiger partial charge is 0.388 e. The molecule has 0 spiro atoms. The maximum atomic E-state index is 12.0. The van der Waals surface area contributed by atoms with Crippen LogP contribution in [-0.2, 0) is 91.7 Å². The van der Waals surface area contributed by atoms with E-state index >= 15 is 0 Å². The maximum Gasteiger partial charge on any atom is 0.186 e. The van der Waals surface area contributed by atoms with Gasteiger partial charge in [-0.3, -0.25) is 0 Å². The van der Waals surface area contributed by atoms with Crippen molar-refractivity contribution in [2.24, 2.45) is 11.8 Å². The van der Waals surface area contributed by atoms with Gasteiger partial charge in [-0.25, -0.2) is 0 Å². The molecule has 3 fully saturated rings. The van der Waals surface area contributed by atoms with Crippen LogP contribution in [0, 0.1) is 11.8 Å². The van der Waals surface area contributed by atoms with Gasteiger partial charge >= 0.3 is 0 Å². The zero-order chi connectivity index (χ0) is 51.8. The van der Waals surface area contributed by atoms with Crippen LogP contribution in [-0.4, -0.2) is 98.0 Å². The molecule has 6 aromatic carbocycles. The van der Waals surface area contributed by atoms with Gasteiger partial charge in [0, 0.05) is 11.8 Å². The molecule has 3 heterocycles. The highest BCUT2D eigenvalue weighted by Crippen LogP contribution is 2.38. The lowest BCUT2D eigenvalue weighted by Crippen LogP contribution is -2.63. The fourth-order valence-electron chi connectivity index (χ4n) is 10.1. The third kappa shape index (κ3) is 15.1. The lowest BCUT2D eigenvalue weighted by Gasteiger charge is -2.49. The maximum absolute atomic E-state index is 12.0. The summed E-state index contributed by atoms with van der Waals surface area (Å²) >= 11 is 0. The van der Waals surface area contributed by atoms with Crippen molar-refractivity contribution < 1.29 is 57.2 Å². The number of aliphatic hydroxyl groups excluding tert-OH is 1. The smallest absolute Gasteiger partial charge is 0.186 e. The Balaban J connectivity index is 1.00. The van der Waals surface area contributed by atoms with E-state index in [1.165, 1.54) is 0 Å². The third-order valence-electron chi connectivity index (χ3n) is 14.6. The fraction of sp³-hybridized carbons (Fsp3) is 0.429. The second kappa shape index (κ2) is 27.8. The summed E-state index contributed by atoms with van der Waals surface area (Å²) in [7, 11) is 0. The van der Waals surface area contributed by atoms with Crippen LogP contribution in [0.4, 0.5) is 0 Å². The Hall–Kier alpha value is -5.16. The monoisotopic (exact) mass is 1020 g/mol. The van der Waals surface area contributed by atoms with E-state index in [0.717, 1.165) is 33.4 Å². The lowest BCUT2D eigenvalue weighted by atomic mass is 9.87. The topological polar surface area (TPSA) is 122 Å². The molecule has 3 saturated heterocycles. The standard InChI is InChI=1S/C63H74O12/c1-43-45(3)72-54(42-71-63-61(70-40-52-33-21-10-22-34-52)60(69-39-51-31-19-9-20-32-51)58(46(4)73-63)68-38-50-29-17-8-18-30-50)59(57(43)67-37-49-27-15-7-16-28-49)75-62-44(2)56(66-36-48-25-13-6-14-26-48)55(64)53(74-62)41-65-35-47-23-11-5-12-24-47/h5-34,43-46,53-64H,35-42H2,1-4H3. The van der Waals surface area contributed by atoms with E-state index in [0.29, 0.717) is 33.0 Å². The molecule has 15 unspecified atom stereocenters. The van der Waals surface area contributed by atoms with E-state index in [1.807, 2.05) is 184 Å². The fourth-order valence-corrected chi connectivity index (χ4v) is 10.1. The normalized spacial score (nSPS) is 30.0. The Labute approximate surface area is 443 Å². The van der Waals surface area contributed by atoms with E-state index in [1.54, 1.807) is 0 Å². The lowest BCUT2D eigenvalue weighted by molar-refractivity contribution is -0.348. The van der Waals surface area contributed by atoms with Gasteiger partial charge in [0.2, 0.25) is 0 Å². The van der Waals surface area contributed by atoms with Gasteiger partial charge in [0.1, 0.15) is 42.7 Å². The Morgan fingerprint density at radius 1 is 0.333 bits per heavy atom. The molecule has 1 N–H and O–H groups in total. The molecule has 75 heavy (non-hydrogen) atoms. The van der Waals surface area contributed by atoms with Crippen LogP contribution in [0.1, 0.15) is 61.1 Å². The molecule has 12 nitrogen and oxygen atoms in total. The Morgan fingerprint density at radius 3 is 1.20 bits per heavy atom. The van der Waals surface area contributed by atoms with E-state index in [2.05, 4.69) is 26.0 Å². The third-order valence-corrected chi connectivity index (χ3v) is 14.6. The van der Waals surface area contributed by atoms with Crippen molar-refractivity contribution >= 4 is 0 Å². The second-order valence-electron chi connectivity index (χ2n) is 20.1. The van der Waals surface area contributed by atoms with Gasteiger partial charge in [0.05, 0.1) is 77.3 Å². The minimum Gasteiger partial charge on any atom is -0.388 e. The molecule has 3 aliphatic rings. The molecule has 0 bridgehead atoms. The van der Waals surface area contributed by atoms with Crippen LogP contribution < -0.4 is 0 Å². The molecule has 12 heteroatoms. The van der Waals surface area contributed by atoms with Crippen LogP contribution in [0.5, 0.6) is 0 Å². The van der Waals surface area contributed by atoms with Gasteiger partial charge in [0.25, 0.3) is 0 Å². The molecule has 15 atom stereocenters. The van der Waals surface area contributed by atoms with E-state index in [4.69, 9.17) is 52.1 Å². The molecule has 0 radical (unpaired) electrons. The molecule has 3 aliphatic heterocycles. The molecule has 0 amide bonds. The summed E-state index contributed by atoms with van der Waals surface area (Å²) in [4.78, 5) is 0. The van der Waals surface area contributed by atoms with Gasteiger partial charge in [-0.2, -0.15) is 0 Å². The summed E-state index contributed by atoms with van der Waals surface area (Å²) in [5.74, 6) is -0.547. The first-order valence-corrected chi connectivity index (χ1v) is 26.6. The molecule has 0 aromatic heterocycles. The molecule has 9 rings (SSSR count). The first-order chi connectivity index (χ1) is 36.8. The van der Waals surface area contributed by atoms with Gasteiger partial charge in [0.15, 0.2) is 12.6 Å². The van der Waals surface area contributed by atoms with Crippen molar-refractivity contribution in [3.8, 4) is 0 Å². The number of hydrogen-bond donors (Lipinski definition) is 1. The molecule has 0 saturated carbocycles. The summed E-state index contributed by atoms with van der Waals surface area (Å²) in [6, 6.07) is 60.2. The number of ether oxygens (including phenoxy) is 11. The first-order valence-electron chi connectivity index (χ1n) is 26.6. The second-order valence-corrected chi connectivity index (χ2v) is 20.1. The van der Waals surface area contributed by atoms with Gasteiger partial charge < -0.3 is 57.2 Å². The van der Waals surface area contributed by atoms with E-state index in [-0.39, 0.29) is 31.8 Å². The van der Waals surface area contributed by atoms with Crippen LogP contribution in [0.3, 0.4) is 0 Å². The van der Waals surface area contributed by atoms with Crippen molar-refractivity contribution in [3.05, 3.63) is 215 Å². The summed E-state index contributed by atoms with van der Waals surface area (Å²) in [5, 5.41) is 12.0. The molecule has 0 aliphatic carbocycles. The highest BCUT2D eigenvalue weighted by Gasteiger charge is 2.52. The van der Waals surface area contributed by atoms with Crippen LogP contribution in [0.2, 0.25) is 0 Å². The highest BCUT2D eigenvalue weighted by atomic mass is 16.7. The molecule has 398 valence electrons. The summed E-state index contributed by atoms with van der Waals surface area (Å²) in [5.41, 5.74) is 6.07. The minimum absolute atomic E-state index is 0.0394. The SMILES string of the molecule is CC1OC(COC2OC(C)C(OCc3ccccc3)C(OCc3ccccc3)C2OCc2ccccc2)C(OC2OC(COCc3ccccc3)C(O)C(OCc3ccccc3)C2C)C(OCc2ccccc2)C1C. The number of rotatable bonds is 24. The number of aliphatic hydroxyl groups is 1. The van der Waals surface area contributed by atoms with Crippen LogP contribution >= 0.6 is 0 Å². The zero-order valence-electron chi connectivity index (χ0n) is 43.6. The minimum atomic E-state index is -1.01. The van der Waals surface area contributed by atoms with Crippen molar-refractivity contribution in [2.45, 2.75) is 147 Å². The summed E-state index contributed by atoms with van der Waals surface area (Å²) < 4.78 is 75.2. The van der Waals surface area contributed by atoms with Gasteiger partial charge in [-0.1, -0.05) is 196 Å². The van der Waals surface area contributed by atoms with Crippen LogP contribution in [0.25, 0.3) is 0 Å². The van der Waals surface area contributed by atoms with E-state index < -0.39 is 79.5 Å². The predicted octanol–water partition coefficient (Wildman–Crippen LogP) is 10.4.